The second-order valence-corrected chi connectivity index (χ2v) is 6.29. The standard InChI is InChI=1S/C18H18BrN3O2/c1-24-16-8-7-13(19)11-15(16)18(23)20-9-4-6-17-21-12-14-5-2-3-10-22(14)17/h2-3,5,7-8,10-12H,4,6,9H2,1H3,(H,20,23). The highest BCUT2D eigenvalue weighted by molar-refractivity contribution is 9.10. The summed E-state index contributed by atoms with van der Waals surface area (Å²) >= 11 is 3.38. The average Bonchev–Trinajstić information content (AvgIpc) is 3.01. The third-order valence-corrected chi connectivity index (χ3v) is 4.28. The normalized spacial score (nSPS) is 10.8. The van der Waals surface area contributed by atoms with Gasteiger partial charge in [0.05, 0.1) is 24.4 Å². The molecule has 0 aliphatic carbocycles. The van der Waals surface area contributed by atoms with Gasteiger partial charge >= 0.3 is 0 Å². The maximum absolute atomic E-state index is 12.3. The molecule has 5 nitrogen and oxygen atoms in total. The van der Waals surface area contributed by atoms with Crippen LogP contribution in [0, 0.1) is 0 Å². The number of carbonyl (C=O) groups excluding carboxylic acids is 1. The molecule has 1 aromatic carbocycles. The maximum atomic E-state index is 12.3. The van der Waals surface area contributed by atoms with Crippen LogP contribution in [0.1, 0.15) is 22.6 Å². The quantitative estimate of drug-likeness (QED) is 0.658. The number of benzene rings is 1. The van der Waals surface area contributed by atoms with Gasteiger partial charge in [0.15, 0.2) is 0 Å². The largest absolute Gasteiger partial charge is 0.496 e. The fraction of sp³-hybridized carbons (Fsp3) is 0.222. The molecule has 0 aliphatic heterocycles. The van der Waals surface area contributed by atoms with Crippen LogP contribution >= 0.6 is 15.9 Å². The Hall–Kier alpha value is -2.34. The number of imidazole rings is 1. The Labute approximate surface area is 148 Å². The molecule has 0 saturated heterocycles. The van der Waals surface area contributed by atoms with Crippen LogP contribution in [0.25, 0.3) is 5.52 Å². The van der Waals surface area contributed by atoms with E-state index in [4.69, 9.17) is 4.74 Å². The van der Waals surface area contributed by atoms with Crippen molar-refractivity contribution in [3.05, 3.63) is 64.7 Å². The van der Waals surface area contributed by atoms with Crippen molar-refractivity contribution in [2.75, 3.05) is 13.7 Å². The van der Waals surface area contributed by atoms with E-state index < -0.39 is 0 Å². The first kappa shape index (κ1) is 16.5. The highest BCUT2D eigenvalue weighted by Gasteiger charge is 2.12. The Bertz CT molecular complexity index is 860. The predicted molar refractivity (Wildman–Crippen MR) is 96.5 cm³/mol. The van der Waals surface area contributed by atoms with Gasteiger partial charge in [-0.05, 0) is 36.8 Å². The van der Waals surface area contributed by atoms with Gasteiger partial charge in [-0.2, -0.15) is 0 Å². The van der Waals surface area contributed by atoms with Gasteiger partial charge in [-0.3, -0.25) is 4.79 Å². The van der Waals surface area contributed by atoms with Crippen molar-refractivity contribution >= 4 is 27.4 Å². The average molecular weight is 388 g/mol. The number of ether oxygens (including phenoxy) is 1. The first-order chi connectivity index (χ1) is 11.7. The molecule has 1 amide bonds. The summed E-state index contributed by atoms with van der Waals surface area (Å²) in [4.78, 5) is 16.8. The van der Waals surface area contributed by atoms with E-state index >= 15 is 0 Å². The number of carbonyl (C=O) groups is 1. The molecule has 0 aliphatic rings. The number of aromatic nitrogens is 2. The molecule has 0 bridgehead atoms. The maximum Gasteiger partial charge on any atom is 0.255 e. The molecule has 0 unspecified atom stereocenters. The second-order valence-electron chi connectivity index (χ2n) is 5.37. The molecule has 0 radical (unpaired) electrons. The zero-order chi connectivity index (χ0) is 16.9. The third-order valence-electron chi connectivity index (χ3n) is 3.78. The zero-order valence-electron chi connectivity index (χ0n) is 13.3. The van der Waals surface area contributed by atoms with Crippen LogP contribution in [0.5, 0.6) is 5.75 Å². The van der Waals surface area contributed by atoms with Crippen molar-refractivity contribution in [2.24, 2.45) is 0 Å². The van der Waals surface area contributed by atoms with Gasteiger partial charge < -0.3 is 14.5 Å². The van der Waals surface area contributed by atoms with E-state index in [1.54, 1.807) is 19.2 Å². The molecule has 1 N–H and O–H groups in total. The molecule has 2 aromatic heterocycles. The highest BCUT2D eigenvalue weighted by atomic mass is 79.9. The number of hydrogen-bond acceptors (Lipinski definition) is 3. The van der Waals surface area contributed by atoms with Crippen LogP contribution in [0.15, 0.2) is 53.3 Å². The number of pyridine rings is 1. The van der Waals surface area contributed by atoms with Crippen LogP contribution in [-0.2, 0) is 6.42 Å². The lowest BCUT2D eigenvalue weighted by Crippen LogP contribution is -2.25. The van der Waals surface area contributed by atoms with Crippen molar-refractivity contribution < 1.29 is 9.53 Å². The number of nitrogens with one attached hydrogen (secondary N) is 1. The second kappa shape index (κ2) is 7.49. The number of nitrogens with zero attached hydrogens (tertiary/aromatic N) is 2. The Morgan fingerprint density at radius 2 is 2.21 bits per heavy atom. The first-order valence-corrected chi connectivity index (χ1v) is 8.51. The van der Waals surface area contributed by atoms with Gasteiger partial charge in [0.2, 0.25) is 0 Å². The summed E-state index contributed by atoms with van der Waals surface area (Å²) in [5, 5.41) is 2.93. The molecule has 6 heteroatoms. The van der Waals surface area contributed by atoms with Gasteiger partial charge in [-0.25, -0.2) is 4.98 Å². The van der Waals surface area contributed by atoms with Gasteiger partial charge in [0, 0.05) is 23.6 Å². The first-order valence-electron chi connectivity index (χ1n) is 7.72. The molecule has 0 saturated carbocycles. The minimum atomic E-state index is -0.138. The van der Waals surface area contributed by atoms with Crippen LogP contribution in [-0.4, -0.2) is 28.9 Å². The van der Waals surface area contributed by atoms with Gasteiger partial charge in [-0.1, -0.05) is 22.0 Å². The van der Waals surface area contributed by atoms with Crippen molar-refractivity contribution in [2.45, 2.75) is 12.8 Å². The topological polar surface area (TPSA) is 55.6 Å². The number of fused-ring (bicyclic) bond motifs is 1. The van der Waals surface area contributed by atoms with Crippen LogP contribution < -0.4 is 10.1 Å². The van der Waals surface area contributed by atoms with Crippen molar-refractivity contribution in [1.82, 2.24) is 14.7 Å². The molecular formula is C18H18BrN3O2. The fourth-order valence-corrected chi connectivity index (χ4v) is 2.95. The molecule has 124 valence electrons. The van der Waals surface area contributed by atoms with Gasteiger partial charge in [0.25, 0.3) is 5.91 Å². The summed E-state index contributed by atoms with van der Waals surface area (Å²) in [5.41, 5.74) is 1.61. The monoisotopic (exact) mass is 387 g/mol. The highest BCUT2D eigenvalue weighted by Crippen LogP contribution is 2.22. The smallest absolute Gasteiger partial charge is 0.255 e. The van der Waals surface area contributed by atoms with Crippen molar-refractivity contribution in [3.63, 3.8) is 0 Å². The Morgan fingerprint density at radius 1 is 1.33 bits per heavy atom. The third kappa shape index (κ3) is 3.59. The Morgan fingerprint density at radius 3 is 3.04 bits per heavy atom. The van der Waals surface area contributed by atoms with E-state index in [2.05, 4.69) is 30.6 Å². The van der Waals surface area contributed by atoms with E-state index in [9.17, 15) is 4.79 Å². The number of aryl methyl sites for hydroxylation is 1. The lowest BCUT2D eigenvalue weighted by molar-refractivity contribution is 0.0950. The number of hydrogen-bond donors (Lipinski definition) is 1. The zero-order valence-corrected chi connectivity index (χ0v) is 14.9. The molecule has 0 fully saturated rings. The number of methoxy groups -OCH3 is 1. The molecular weight excluding hydrogens is 370 g/mol. The van der Waals surface area contributed by atoms with Crippen molar-refractivity contribution in [1.29, 1.82) is 0 Å². The molecule has 2 heterocycles. The summed E-state index contributed by atoms with van der Waals surface area (Å²) in [5.74, 6) is 1.43. The van der Waals surface area contributed by atoms with Crippen LogP contribution in [0.2, 0.25) is 0 Å². The van der Waals surface area contributed by atoms with E-state index in [1.807, 2.05) is 36.7 Å². The predicted octanol–water partition coefficient (Wildman–Crippen LogP) is 3.47. The number of rotatable bonds is 6. The van der Waals surface area contributed by atoms with E-state index in [1.165, 1.54) is 0 Å². The Kier molecular flexibility index (Phi) is 5.15. The molecule has 3 aromatic rings. The Balaban J connectivity index is 1.57. The van der Waals surface area contributed by atoms with Gasteiger partial charge in [-0.15, -0.1) is 0 Å². The number of amides is 1. The minimum absolute atomic E-state index is 0.138. The molecule has 24 heavy (non-hydrogen) atoms. The van der Waals surface area contributed by atoms with Crippen LogP contribution in [0.4, 0.5) is 0 Å². The summed E-state index contributed by atoms with van der Waals surface area (Å²) in [6, 6.07) is 11.4. The molecule has 3 rings (SSSR count). The lowest BCUT2D eigenvalue weighted by Gasteiger charge is -2.09. The molecule has 0 spiro atoms. The molecule has 0 atom stereocenters. The van der Waals surface area contributed by atoms with E-state index in [0.29, 0.717) is 17.9 Å². The van der Waals surface area contributed by atoms with Gasteiger partial charge in [0.1, 0.15) is 11.6 Å². The summed E-state index contributed by atoms with van der Waals surface area (Å²) in [6.07, 6.45) is 5.48. The fourth-order valence-electron chi connectivity index (χ4n) is 2.59. The van der Waals surface area contributed by atoms with E-state index in [0.717, 1.165) is 28.7 Å². The summed E-state index contributed by atoms with van der Waals surface area (Å²) in [6.45, 7) is 0.580. The van der Waals surface area contributed by atoms with E-state index in [-0.39, 0.29) is 5.91 Å². The minimum Gasteiger partial charge on any atom is -0.496 e. The van der Waals surface area contributed by atoms with Crippen LogP contribution in [0.3, 0.4) is 0 Å². The lowest BCUT2D eigenvalue weighted by atomic mass is 10.2. The summed E-state index contributed by atoms with van der Waals surface area (Å²) < 4.78 is 8.15. The summed E-state index contributed by atoms with van der Waals surface area (Å²) in [7, 11) is 1.56. The number of halogens is 1. The van der Waals surface area contributed by atoms with Crippen molar-refractivity contribution in [3.8, 4) is 5.75 Å². The SMILES string of the molecule is COc1ccc(Br)cc1C(=O)NCCCc1ncc2ccccn12.